The second-order valence-electron chi connectivity index (χ2n) is 5.69. The van der Waals surface area contributed by atoms with Crippen molar-refractivity contribution >= 4 is 28.5 Å². The molecule has 2 unspecified atom stereocenters. The third kappa shape index (κ3) is 2.93. The molecule has 0 saturated heterocycles. The molecule has 1 aromatic rings. The van der Waals surface area contributed by atoms with Gasteiger partial charge in [-0.3, -0.25) is 4.79 Å². The van der Waals surface area contributed by atoms with Crippen LogP contribution in [0.3, 0.4) is 0 Å². The summed E-state index contributed by atoms with van der Waals surface area (Å²) in [4.78, 5) is 12.2. The van der Waals surface area contributed by atoms with Crippen LogP contribution in [0, 0.1) is 8.99 Å². The van der Waals surface area contributed by atoms with Gasteiger partial charge in [0.15, 0.2) is 0 Å². The summed E-state index contributed by atoms with van der Waals surface area (Å²) in [5, 5.41) is 12.7. The molecular formula is C15H20INO3. The summed E-state index contributed by atoms with van der Waals surface area (Å²) >= 11 is 2.03. The molecular weight excluding hydrogens is 369 g/mol. The van der Waals surface area contributed by atoms with Crippen molar-refractivity contribution in [3.8, 4) is 5.75 Å². The molecule has 1 fully saturated rings. The minimum atomic E-state index is -0.148. The lowest BCUT2D eigenvalue weighted by Gasteiger charge is -2.51. The first-order chi connectivity index (χ1) is 9.36. The van der Waals surface area contributed by atoms with Crippen molar-refractivity contribution in [1.82, 2.24) is 5.32 Å². The summed E-state index contributed by atoms with van der Waals surface area (Å²) in [5.74, 6) is -0.0111. The van der Waals surface area contributed by atoms with Crippen LogP contribution in [0.25, 0.3) is 0 Å². The summed E-state index contributed by atoms with van der Waals surface area (Å²) < 4.78 is 6.39. The van der Waals surface area contributed by atoms with E-state index in [0.717, 1.165) is 9.99 Å². The summed E-state index contributed by atoms with van der Waals surface area (Å²) in [7, 11) is 0. The fraction of sp³-hybridized carbons (Fsp3) is 0.533. The number of carbonyl (C=O) groups is 1. The highest BCUT2D eigenvalue weighted by molar-refractivity contribution is 14.1. The Labute approximate surface area is 133 Å². The monoisotopic (exact) mass is 389 g/mol. The van der Waals surface area contributed by atoms with Gasteiger partial charge in [-0.05, 0) is 54.1 Å². The number of hydrogen-bond acceptors (Lipinski definition) is 3. The molecule has 2 rings (SSSR count). The van der Waals surface area contributed by atoms with Gasteiger partial charge in [0.05, 0.1) is 9.67 Å². The lowest BCUT2D eigenvalue weighted by atomic mass is 9.64. The van der Waals surface area contributed by atoms with E-state index in [0.29, 0.717) is 12.2 Å². The number of ether oxygens (including phenoxy) is 1. The Balaban J connectivity index is 2.01. The van der Waals surface area contributed by atoms with Crippen molar-refractivity contribution in [1.29, 1.82) is 0 Å². The predicted molar refractivity (Wildman–Crippen MR) is 85.9 cm³/mol. The molecule has 4 nitrogen and oxygen atoms in total. The van der Waals surface area contributed by atoms with Crippen LogP contribution >= 0.6 is 22.6 Å². The Morgan fingerprint density at radius 1 is 1.55 bits per heavy atom. The third-order valence-corrected chi connectivity index (χ3v) is 4.97. The Kier molecular flexibility index (Phi) is 4.59. The number of amides is 1. The van der Waals surface area contributed by atoms with Crippen LogP contribution in [0.2, 0.25) is 0 Å². The lowest BCUT2D eigenvalue weighted by Crippen LogP contribution is -2.62. The maximum absolute atomic E-state index is 12.2. The summed E-state index contributed by atoms with van der Waals surface area (Å²) in [6.45, 7) is 6.89. The van der Waals surface area contributed by atoms with Crippen molar-refractivity contribution in [3.05, 3.63) is 27.3 Å². The molecule has 0 spiro atoms. The van der Waals surface area contributed by atoms with Crippen molar-refractivity contribution in [2.45, 2.75) is 39.3 Å². The zero-order chi connectivity index (χ0) is 14.9. The van der Waals surface area contributed by atoms with Crippen LogP contribution in [0.5, 0.6) is 5.75 Å². The number of phenols is 1. The first kappa shape index (κ1) is 15.6. The van der Waals surface area contributed by atoms with E-state index >= 15 is 0 Å². The molecule has 1 aliphatic carbocycles. The van der Waals surface area contributed by atoms with Crippen molar-refractivity contribution in [2.75, 3.05) is 6.61 Å². The fourth-order valence-corrected chi connectivity index (χ4v) is 2.85. The highest BCUT2D eigenvalue weighted by Crippen LogP contribution is 2.42. The van der Waals surface area contributed by atoms with Crippen molar-refractivity contribution < 1.29 is 14.6 Å². The molecule has 5 heteroatoms. The lowest BCUT2D eigenvalue weighted by molar-refractivity contribution is -0.111. The molecule has 1 amide bonds. The first-order valence-electron chi connectivity index (χ1n) is 6.77. The number of phenolic OH excluding ortho intramolecular Hbond substituents is 1. The minimum absolute atomic E-state index is 0.0586. The third-order valence-electron chi connectivity index (χ3n) is 4.06. The number of hydrogen-bond donors (Lipinski definition) is 2. The van der Waals surface area contributed by atoms with Crippen LogP contribution in [0.1, 0.15) is 37.6 Å². The van der Waals surface area contributed by atoms with E-state index < -0.39 is 0 Å². The maximum Gasteiger partial charge on any atom is 0.251 e. The Bertz CT molecular complexity index is 516. The Hall–Kier alpha value is -0.820. The summed E-state index contributed by atoms with van der Waals surface area (Å²) in [6.07, 6.45) is 1.03. The molecule has 1 aromatic carbocycles. The smallest absolute Gasteiger partial charge is 0.251 e. The summed E-state index contributed by atoms with van der Waals surface area (Å²) in [5.41, 5.74) is 0.426. The molecule has 0 heterocycles. The van der Waals surface area contributed by atoms with Crippen LogP contribution in [0.4, 0.5) is 0 Å². The first-order valence-corrected chi connectivity index (χ1v) is 7.85. The maximum atomic E-state index is 12.2. The average Bonchev–Trinajstić information content (AvgIpc) is 2.40. The molecule has 2 atom stereocenters. The van der Waals surface area contributed by atoms with E-state index in [2.05, 4.69) is 19.2 Å². The van der Waals surface area contributed by atoms with Crippen LogP contribution in [-0.4, -0.2) is 29.8 Å². The summed E-state index contributed by atoms with van der Waals surface area (Å²) in [6, 6.07) is 5.07. The quantitative estimate of drug-likeness (QED) is 0.779. The normalized spacial score (nSPS) is 24.0. The van der Waals surface area contributed by atoms with Gasteiger partial charge in [-0.25, -0.2) is 0 Å². The van der Waals surface area contributed by atoms with Gasteiger partial charge in [-0.2, -0.15) is 0 Å². The standard InChI is InChI=1S/C15H20INO3/c1-4-20-13-8-12(15(13,2)3)17-14(19)9-5-6-10(16)11(18)7-9/h5-7,12-13,18H,4,8H2,1-3H3,(H,17,19). The highest BCUT2D eigenvalue weighted by Gasteiger charge is 2.49. The number of halogens is 1. The van der Waals surface area contributed by atoms with E-state index in [1.165, 1.54) is 6.07 Å². The van der Waals surface area contributed by atoms with Gasteiger partial charge in [0.2, 0.25) is 0 Å². The predicted octanol–water partition coefficient (Wildman–Crippen LogP) is 2.93. The fourth-order valence-electron chi connectivity index (χ4n) is 2.51. The second-order valence-corrected chi connectivity index (χ2v) is 6.86. The molecule has 110 valence electrons. The van der Waals surface area contributed by atoms with Crippen molar-refractivity contribution in [2.24, 2.45) is 5.41 Å². The van der Waals surface area contributed by atoms with Gasteiger partial charge in [0.1, 0.15) is 5.75 Å². The highest BCUT2D eigenvalue weighted by atomic mass is 127. The molecule has 0 radical (unpaired) electrons. The number of carbonyl (C=O) groups excluding carboxylic acids is 1. The zero-order valence-electron chi connectivity index (χ0n) is 11.9. The number of aromatic hydroxyl groups is 1. The van der Waals surface area contributed by atoms with Crippen LogP contribution < -0.4 is 5.32 Å². The number of nitrogens with one attached hydrogen (secondary N) is 1. The Morgan fingerprint density at radius 2 is 2.25 bits per heavy atom. The van der Waals surface area contributed by atoms with Crippen molar-refractivity contribution in [3.63, 3.8) is 0 Å². The van der Waals surface area contributed by atoms with Crippen LogP contribution in [-0.2, 0) is 4.74 Å². The Morgan fingerprint density at radius 3 is 2.80 bits per heavy atom. The average molecular weight is 389 g/mol. The second kappa shape index (κ2) is 5.89. The SMILES string of the molecule is CCOC1CC(NC(=O)c2ccc(I)c(O)c2)C1(C)C. The van der Waals surface area contributed by atoms with Gasteiger partial charge in [-0.15, -0.1) is 0 Å². The van der Waals surface area contributed by atoms with E-state index in [1.54, 1.807) is 12.1 Å². The molecule has 0 aromatic heterocycles. The number of benzene rings is 1. The topological polar surface area (TPSA) is 58.6 Å². The van der Waals surface area contributed by atoms with E-state index in [4.69, 9.17) is 4.74 Å². The van der Waals surface area contributed by atoms with E-state index in [-0.39, 0.29) is 29.2 Å². The van der Waals surface area contributed by atoms with Gasteiger partial charge >= 0.3 is 0 Å². The molecule has 1 saturated carbocycles. The molecule has 0 aliphatic heterocycles. The van der Waals surface area contributed by atoms with E-state index in [9.17, 15) is 9.90 Å². The van der Waals surface area contributed by atoms with Gasteiger partial charge < -0.3 is 15.2 Å². The van der Waals surface area contributed by atoms with Gasteiger partial charge in [0.25, 0.3) is 5.91 Å². The molecule has 2 N–H and O–H groups in total. The van der Waals surface area contributed by atoms with Gasteiger partial charge in [-0.1, -0.05) is 13.8 Å². The largest absolute Gasteiger partial charge is 0.507 e. The molecule has 20 heavy (non-hydrogen) atoms. The molecule has 1 aliphatic rings. The molecule has 0 bridgehead atoms. The zero-order valence-corrected chi connectivity index (χ0v) is 14.1. The van der Waals surface area contributed by atoms with Crippen LogP contribution in [0.15, 0.2) is 18.2 Å². The number of rotatable bonds is 4. The van der Waals surface area contributed by atoms with E-state index in [1.807, 2.05) is 29.5 Å². The van der Waals surface area contributed by atoms with Gasteiger partial charge in [0, 0.05) is 23.6 Å². The minimum Gasteiger partial charge on any atom is -0.507 e.